The Kier molecular flexibility index (Phi) is 5.25. The molecule has 0 saturated heterocycles. The van der Waals surface area contributed by atoms with Gasteiger partial charge in [-0.05, 0) is 55.5 Å². The average molecular weight is 403 g/mol. The first kappa shape index (κ1) is 19.3. The third kappa shape index (κ3) is 4.04. The predicted octanol–water partition coefficient (Wildman–Crippen LogP) is 2.79. The highest BCUT2D eigenvalue weighted by molar-refractivity contribution is 5.93. The number of carbonyl (C=O) groups excluding carboxylic acids is 1. The first-order chi connectivity index (χ1) is 14.5. The van der Waals surface area contributed by atoms with Crippen LogP contribution in [0.25, 0.3) is 11.4 Å². The molecule has 1 N–H and O–H groups in total. The number of amides is 1. The fraction of sp³-hybridized carbons (Fsp3) is 0.190. The van der Waals surface area contributed by atoms with E-state index in [4.69, 9.17) is 4.74 Å². The summed E-state index contributed by atoms with van der Waals surface area (Å²) in [4.78, 5) is 12.5. The van der Waals surface area contributed by atoms with Gasteiger partial charge in [-0.3, -0.25) is 4.79 Å². The third-order valence-corrected chi connectivity index (χ3v) is 4.64. The number of anilines is 1. The van der Waals surface area contributed by atoms with Crippen molar-refractivity contribution in [3.63, 3.8) is 0 Å². The van der Waals surface area contributed by atoms with Crippen LogP contribution in [-0.2, 0) is 4.79 Å². The van der Waals surface area contributed by atoms with Crippen LogP contribution in [0.3, 0.4) is 0 Å². The molecule has 0 aliphatic heterocycles. The molecule has 0 saturated carbocycles. The molecule has 30 heavy (non-hydrogen) atoms. The van der Waals surface area contributed by atoms with Crippen LogP contribution in [-0.4, -0.2) is 42.5 Å². The molecule has 0 spiro atoms. The van der Waals surface area contributed by atoms with E-state index in [1.807, 2.05) is 61.9 Å². The Morgan fingerprint density at radius 1 is 1.07 bits per heavy atom. The lowest BCUT2D eigenvalue weighted by molar-refractivity contribution is -0.118. The molecule has 9 nitrogen and oxygen atoms in total. The zero-order chi connectivity index (χ0) is 21.1. The summed E-state index contributed by atoms with van der Waals surface area (Å²) in [6, 6.07) is 15.2. The molecule has 0 aliphatic rings. The summed E-state index contributed by atoms with van der Waals surface area (Å²) in [5.41, 5.74) is 5.13. The minimum Gasteiger partial charge on any atom is -0.484 e. The molecule has 2 aromatic carbocycles. The summed E-state index contributed by atoms with van der Waals surface area (Å²) in [6.07, 6.45) is 1.49. The van der Waals surface area contributed by atoms with Gasteiger partial charge < -0.3 is 10.1 Å². The van der Waals surface area contributed by atoms with Crippen molar-refractivity contribution in [2.75, 3.05) is 11.9 Å². The van der Waals surface area contributed by atoms with Gasteiger partial charge in [-0.2, -0.15) is 5.10 Å². The molecule has 4 rings (SSSR count). The average Bonchev–Trinajstić information content (AvgIpc) is 3.38. The maximum absolute atomic E-state index is 12.5. The molecule has 2 aromatic heterocycles. The number of nitrogens with zero attached hydrogens (tertiary/aromatic N) is 6. The lowest BCUT2D eigenvalue weighted by Crippen LogP contribution is -2.21. The Hall–Kier alpha value is -4.01. The van der Waals surface area contributed by atoms with E-state index in [0.717, 1.165) is 22.8 Å². The van der Waals surface area contributed by atoms with Crippen LogP contribution in [0, 0.1) is 20.8 Å². The van der Waals surface area contributed by atoms with E-state index in [0.29, 0.717) is 11.4 Å². The number of hydrogen-bond acceptors (Lipinski definition) is 6. The maximum Gasteiger partial charge on any atom is 0.262 e. The molecule has 0 fully saturated rings. The van der Waals surface area contributed by atoms with Crippen LogP contribution in [0.2, 0.25) is 0 Å². The van der Waals surface area contributed by atoms with Gasteiger partial charge in [0, 0.05) is 6.07 Å². The van der Waals surface area contributed by atoms with Crippen LogP contribution in [0.4, 0.5) is 5.69 Å². The number of rotatable bonds is 6. The molecule has 0 atom stereocenters. The standard InChI is InChI=1S/C21H21N7O2/c1-14-7-9-17(10-8-14)28-16(3)21(15(2)24-28)23-20(29)12-30-19-6-4-5-18(11-19)27-13-22-25-26-27/h4-11,13H,12H2,1-3H3,(H,23,29). The first-order valence-corrected chi connectivity index (χ1v) is 9.40. The number of benzene rings is 2. The van der Waals surface area contributed by atoms with E-state index in [1.165, 1.54) is 16.6 Å². The van der Waals surface area contributed by atoms with Gasteiger partial charge in [0.05, 0.1) is 28.5 Å². The molecule has 0 bridgehead atoms. The minimum atomic E-state index is -0.266. The van der Waals surface area contributed by atoms with E-state index in [-0.39, 0.29) is 12.5 Å². The van der Waals surface area contributed by atoms with E-state index >= 15 is 0 Å². The van der Waals surface area contributed by atoms with E-state index in [9.17, 15) is 4.79 Å². The molecular formula is C21H21N7O2. The monoisotopic (exact) mass is 403 g/mol. The second-order valence-electron chi connectivity index (χ2n) is 6.88. The van der Waals surface area contributed by atoms with Gasteiger partial charge in [0.1, 0.15) is 12.1 Å². The SMILES string of the molecule is Cc1ccc(-n2nc(C)c(NC(=O)COc3cccc(-n4cnnn4)c3)c2C)cc1. The van der Waals surface area contributed by atoms with Crippen LogP contribution in [0.15, 0.2) is 54.9 Å². The zero-order valence-electron chi connectivity index (χ0n) is 16.9. The highest BCUT2D eigenvalue weighted by Gasteiger charge is 2.15. The van der Waals surface area contributed by atoms with Crippen LogP contribution in [0.5, 0.6) is 5.75 Å². The van der Waals surface area contributed by atoms with Gasteiger partial charge in [0.15, 0.2) is 6.61 Å². The predicted molar refractivity (Wildman–Crippen MR) is 111 cm³/mol. The van der Waals surface area contributed by atoms with Gasteiger partial charge in [0.25, 0.3) is 5.91 Å². The molecule has 9 heteroatoms. The highest BCUT2D eigenvalue weighted by Crippen LogP contribution is 2.23. The van der Waals surface area contributed by atoms with Crippen molar-refractivity contribution in [1.82, 2.24) is 30.0 Å². The van der Waals surface area contributed by atoms with Gasteiger partial charge in [-0.15, -0.1) is 5.10 Å². The van der Waals surface area contributed by atoms with Gasteiger partial charge in [-0.1, -0.05) is 23.8 Å². The van der Waals surface area contributed by atoms with E-state index in [1.54, 1.807) is 12.1 Å². The Labute approximate surface area is 173 Å². The fourth-order valence-electron chi connectivity index (χ4n) is 3.08. The number of aromatic nitrogens is 6. The number of tetrazole rings is 1. The quantitative estimate of drug-likeness (QED) is 0.531. The normalized spacial score (nSPS) is 10.8. The number of carbonyl (C=O) groups is 1. The molecule has 4 aromatic rings. The topological polar surface area (TPSA) is 99.8 Å². The second-order valence-corrected chi connectivity index (χ2v) is 6.88. The smallest absolute Gasteiger partial charge is 0.262 e. The highest BCUT2D eigenvalue weighted by atomic mass is 16.5. The van der Waals surface area contributed by atoms with Gasteiger partial charge in [-0.25, -0.2) is 9.36 Å². The maximum atomic E-state index is 12.5. The van der Waals surface area contributed by atoms with Crippen molar-refractivity contribution >= 4 is 11.6 Å². The van der Waals surface area contributed by atoms with Crippen LogP contribution in [0.1, 0.15) is 17.0 Å². The summed E-state index contributed by atoms with van der Waals surface area (Å²) < 4.78 is 8.98. The van der Waals surface area contributed by atoms with Crippen molar-refractivity contribution in [3.05, 3.63) is 71.8 Å². The number of aryl methyl sites for hydroxylation is 2. The molecular weight excluding hydrogens is 382 g/mol. The Morgan fingerprint density at radius 2 is 1.87 bits per heavy atom. The summed E-state index contributed by atoms with van der Waals surface area (Å²) >= 11 is 0. The van der Waals surface area contributed by atoms with Crippen molar-refractivity contribution in [3.8, 4) is 17.1 Å². The molecule has 152 valence electrons. The van der Waals surface area contributed by atoms with Gasteiger partial charge >= 0.3 is 0 Å². The van der Waals surface area contributed by atoms with Crippen molar-refractivity contribution < 1.29 is 9.53 Å². The third-order valence-electron chi connectivity index (χ3n) is 4.64. The second kappa shape index (κ2) is 8.16. The van der Waals surface area contributed by atoms with Crippen LogP contribution < -0.4 is 10.1 Å². The van der Waals surface area contributed by atoms with Crippen molar-refractivity contribution in [1.29, 1.82) is 0 Å². The Morgan fingerprint density at radius 3 is 2.60 bits per heavy atom. The Bertz CT molecular complexity index is 1160. The number of ether oxygens (including phenoxy) is 1. The number of hydrogen-bond donors (Lipinski definition) is 1. The fourth-order valence-corrected chi connectivity index (χ4v) is 3.08. The summed E-state index contributed by atoms with van der Waals surface area (Å²) in [5.74, 6) is 0.277. The molecule has 0 radical (unpaired) electrons. The van der Waals surface area contributed by atoms with Crippen molar-refractivity contribution in [2.24, 2.45) is 0 Å². The summed E-state index contributed by atoms with van der Waals surface area (Å²) in [6.45, 7) is 5.69. The van der Waals surface area contributed by atoms with Crippen molar-refractivity contribution in [2.45, 2.75) is 20.8 Å². The molecule has 0 unspecified atom stereocenters. The molecule has 2 heterocycles. The van der Waals surface area contributed by atoms with Gasteiger partial charge in [0.2, 0.25) is 0 Å². The largest absolute Gasteiger partial charge is 0.484 e. The van der Waals surface area contributed by atoms with Crippen LogP contribution >= 0.6 is 0 Å². The number of nitrogens with one attached hydrogen (secondary N) is 1. The minimum absolute atomic E-state index is 0.131. The summed E-state index contributed by atoms with van der Waals surface area (Å²) in [5, 5.41) is 18.5. The lowest BCUT2D eigenvalue weighted by Gasteiger charge is -2.09. The summed E-state index contributed by atoms with van der Waals surface area (Å²) in [7, 11) is 0. The first-order valence-electron chi connectivity index (χ1n) is 9.40. The molecule has 0 aliphatic carbocycles. The zero-order valence-corrected chi connectivity index (χ0v) is 16.9. The molecule has 1 amide bonds. The van der Waals surface area contributed by atoms with E-state index in [2.05, 4.69) is 25.9 Å². The van der Waals surface area contributed by atoms with E-state index < -0.39 is 0 Å². The lowest BCUT2D eigenvalue weighted by atomic mass is 10.2. The Balaban J connectivity index is 1.43.